The average Bonchev–Trinajstić information content (AvgIpc) is 2.91. The van der Waals surface area contributed by atoms with Crippen LogP contribution in [0.3, 0.4) is 0 Å². The lowest BCUT2D eigenvalue weighted by atomic mass is 9.80. The van der Waals surface area contributed by atoms with E-state index in [2.05, 4.69) is 26.0 Å². The molecule has 2 heterocycles. The van der Waals surface area contributed by atoms with Crippen molar-refractivity contribution in [2.45, 2.75) is 59.0 Å². The predicted molar refractivity (Wildman–Crippen MR) is 96.4 cm³/mol. The molecule has 0 aliphatic carbocycles. The molecule has 1 aromatic carbocycles. The van der Waals surface area contributed by atoms with Crippen LogP contribution in [-0.2, 0) is 28.0 Å². The lowest BCUT2D eigenvalue weighted by Gasteiger charge is -2.38. The third-order valence-corrected chi connectivity index (χ3v) is 5.30. The highest BCUT2D eigenvalue weighted by Crippen LogP contribution is 2.44. The summed E-state index contributed by atoms with van der Waals surface area (Å²) in [6.45, 7) is 8.57. The van der Waals surface area contributed by atoms with Crippen molar-refractivity contribution in [1.82, 2.24) is 4.98 Å². The Balaban J connectivity index is 2.31. The van der Waals surface area contributed by atoms with Gasteiger partial charge in [0, 0.05) is 15.7 Å². The first kappa shape index (κ1) is 13.5. The van der Waals surface area contributed by atoms with E-state index in [0.717, 1.165) is 34.4 Å². The number of hydrogen-bond acceptors (Lipinski definition) is 2. The number of aromatic nitrogens is 1. The summed E-state index contributed by atoms with van der Waals surface area (Å²) < 4.78 is 29.6. The van der Waals surface area contributed by atoms with E-state index in [1.165, 1.54) is 16.1 Å². The van der Waals surface area contributed by atoms with E-state index in [1.807, 2.05) is 13.8 Å². The number of fused-ring (bicyclic) bond motifs is 3. The monoisotopic (exact) mass is 333 g/mol. The fourth-order valence-electron chi connectivity index (χ4n) is 3.98. The van der Waals surface area contributed by atoms with Crippen LogP contribution in [0.15, 0.2) is 12.1 Å². The van der Waals surface area contributed by atoms with Gasteiger partial charge in [0.2, 0.25) is 0 Å². The molecule has 2 aromatic rings. The van der Waals surface area contributed by atoms with Crippen LogP contribution in [0.2, 0.25) is 1.41 Å². The molecular weight excluding hydrogens is 302 g/mol. The zero-order valence-corrected chi connectivity index (χ0v) is 14.9. The summed E-state index contributed by atoms with van der Waals surface area (Å²) in [4.78, 5) is 13.7. The van der Waals surface area contributed by atoms with Crippen molar-refractivity contribution in [1.29, 1.82) is 2.86 Å². The van der Waals surface area contributed by atoms with Crippen molar-refractivity contribution >= 4 is 16.9 Å². The molecule has 0 radical (unpaired) electrons. The number of aromatic amines is 1. The molecule has 4 nitrogen and oxygen atoms in total. The first-order valence-corrected chi connectivity index (χ1v) is 8.82. The highest BCUT2D eigenvalue weighted by Gasteiger charge is 2.46. The van der Waals surface area contributed by atoms with E-state index in [4.69, 9.17) is 9.01 Å². The van der Waals surface area contributed by atoms with E-state index < -0.39 is 11.6 Å². The Hall–Kier alpha value is -1.81. The quantitative estimate of drug-likeness (QED) is 0.851. The van der Waals surface area contributed by atoms with Gasteiger partial charge in [-0.15, -0.1) is 0 Å². The molecule has 0 amide bonds. The summed E-state index contributed by atoms with van der Waals surface area (Å²) in [6, 6.07) is 4.18. The number of nitrogens with one attached hydrogen (secondary N) is 1. The molecule has 1 aliphatic heterocycles. The summed E-state index contributed by atoms with van der Waals surface area (Å²) in [5.41, 5.74) is 3.95. The van der Waals surface area contributed by atoms with Gasteiger partial charge in [-0.3, -0.25) is 0 Å². The van der Waals surface area contributed by atoms with E-state index in [0.29, 0.717) is 18.7 Å². The van der Waals surface area contributed by atoms with Crippen molar-refractivity contribution in [3.63, 3.8) is 0 Å². The number of hydrogen-bond donors (Lipinski definition) is 1. The van der Waals surface area contributed by atoms with Crippen LogP contribution in [0.25, 0.3) is 10.9 Å². The number of ether oxygens (including phenoxy) is 1. The standard InChI is InChI=1S/C20H27NO3/c1-5-6-14-13(4)7-8-15-16-9-10-24-20(12(2)3,11-17(22)23)19(16)21-18(14)15/h7-8,12,21H,5-6,9-11H2,1-4H3,(H,22,23)/p+1/t20-/m0/s1/i/hD3. The van der Waals surface area contributed by atoms with Gasteiger partial charge in [0.1, 0.15) is 12.0 Å². The van der Waals surface area contributed by atoms with Gasteiger partial charge in [-0.05, 0) is 42.4 Å². The van der Waals surface area contributed by atoms with Crippen LogP contribution in [0.4, 0.5) is 0 Å². The number of rotatable bonds is 5. The zero-order chi connectivity index (χ0) is 19.9. The first-order chi connectivity index (χ1) is 12.7. The molecule has 130 valence electrons. The molecule has 0 bridgehead atoms. The maximum absolute atomic E-state index is 12.2. The molecule has 0 saturated heterocycles. The van der Waals surface area contributed by atoms with Gasteiger partial charge < -0.3 is 14.8 Å². The van der Waals surface area contributed by atoms with Crippen molar-refractivity contribution < 1.29 is 16.1 Å². The number of aryl methyl sites for hydroxylation is 2. The molecule has 1 aliphatic rings. The van der Waals surface area contributed by atoms with Crippen LogP contribution in [-0.4, -0.2) is 25.5 Å². The highest BCUT2D eigenvalue weighted by atomic mass is 16.5. The molecule has 24 heavy (non-hydrogen) atoms. The van der Waals surface area contributed by atoms with Gasteiger partial charge in [0.25, 0.3) is 0 Å². The summed E-state index contributed by atoms with van der Waals surface area (Å²) in [5.74, 6) is -0.808. The Morgan fingerprint density at radius 2 is 2.33 bits per heavy atom. The molecule has 1 aromatic heterocycles. The third-order valence-electron chi connectivity index (χ3n) is 5.30. The van der Waals surface area contributed by atoms with E-state index >= 15 is 0 Å². The Bertz CT molecular complexity index is 875. The normalized spacial score (nSPS) is 22.1. The van der Waals surface area contributed by atoms with Crippen LogP contribution in [0.5, 0.6) is 0 Å². The zero-order valence-electron chi connectivity index (χ0n) is 17.9. The third kappa shape index (κ3) is 2.53. The second-order valence-corrected chi connectivity index (χ2v) is 7.14. The van der Waals surface area contributed by atoms with Crippen molar-refractivity contribution in [3.8, 4) is 0 Å². The number of benzene rings is 1. The van der Waals surface area contributed by atoms with Crippen LogP contribution < -0.4 is 0 Å². The Labute approximate surface area is 147 Å². The molecule has 0 fully saturated rings. The largest absolute Gasteiger partial charge is 0.565 e. The van der Waals surface area contributed by atoms with Crippen molar-refractivity contribution in [2.24, 2.45) is 5.92 Å². The minimum absolute atomic E-state index is 0.0924. The molecule has 3 N–H and O–H groups in total. The molecule has 0 spiro atoms. The lowest BCUT2D eigenvalue weighted by molar-refractivity contribution is -0.154. The summed E-state index contributed by atoms with van der Waals surface area (Å²) >= 11 is 0. The molecular formula is C20H28NO3+. The lowest BCUT2D eigenvalue weighted by Crippen LogP contribution is -2.42. The van der Waals surface area contributed by atoms with Gasteiger partial charge in [0.05, 0.1) is 12.3 Å². The van der Waals surface area contributed by atoms with Crippen molar-refractivity contribution in [3.05, 3.63) is 34.5 Å². The molecule has 4 heteroatoms. The number of carbonyl (C=O) groups excluding carboxylic acids is 1. The van der Waals surface area contributed by atoms with E-state index in [9.17, 15) is 4.79 Å². The highest BCUT2D eigenvalue weighted by molar-refractivity contribution is 5.89. The van der Waals surface area contributed by atoms with Crippen molar-refractivity contribution in [2.75, 3.05) is 6.61 Å². The predicted octanol–water partition coefficient (Wildman–Crippen LogP) is 3.49. The van der Waals surface area contributed by atoms with Gasteiger partial charge in [-0.1, -0.05) is 39.3 Å². The Morgan fingerprint density at radius 3 is 3.00 bits per heavy atom. The number of H-pyrrole nitrogens is 1. The van der Waals surface area contributed by atoms with Gasteiger partial charge in [-0.2, -0.15) is 0 Å². The van der Waals surface area contributed by atoms with E-state index in [1.54, 1.807) is 0 Å². The van der Waals surface area contributed by atoms with Crippen LogP contribution in [0.1, 0.15) is 56.0 Å². The Kier molecular flexibility index (Phi) is 3.51. The minimum Gasteiger partial charge on any atom is -0.565 e. The molecule has 1 atom stereocenters. The van der Waals surface area contributed by atoms with Crippen LogP contribution >= 0.6 is 0 Å². The van der Waals surface area contributed by atoms with E-state index in [-0.39, 0.29) is 12.3 Å². The molecule has 0 unspecified atom stereocenters. The fourth-order valence-corrected chi connectivity index (χ4v) is 3.98. The smallest absolute Gasteiger partial charge is 0.519 e. The molecule has 3 rings (SSSR count). The maximum atomic E-state index is 12.2. The summed E-state index contributed by atoms with van der Waals surface area (Å²) in [5, 5.41) is 1.99. The second kappa shape index (κ2) is 6.25. The SMILES string of the molecule is [2H]n1c2c(c3ccc(C)c(CCC)c31)CCO[C@@]2(CC(=O)[O+]([2H])[2H])C(C)C. The maximum Gasteiger partial charge on any atom is 0.519 e. The summed E-state index contributed by atoms with van der Waals surface area (Å²) in [6.07, 6.45) is 2.42. The second-order valence-electron chi connectivity index (χ2n) is 7.14. The first-order valence-electron chi connectivity index (χ1n) is 10.1. The topological polar surface area (TPSA) is 65.0 Å². The van der Waals surface area contributed by atoms with Crippen LogP contribution in [0, 0.1) is 12.8 Å². The average molecular weight is 333 g/mol. The van der Waals surface area contributed by atoms with Gasteiger partial charge in [-0.25, -0.2) is 0 Å². The Morgan fingerprint density at radius 1 is 1.54 bits per heavy atom. The molecule has 0 saturated carbocycles. The van der Waals surface area contributed by atoms with Gasteiger partial charge >= 0.3 is 8.83 Å². The minimum atomic E-state index is -1.02. The number of carbonyl (C=O) groups is 1. The fraction of sp³-hybridized carbons (Fsp3) is 0.550. The van der Waals surface area contributed by atoms with Gasteiger partial charge in [0.15, 0.2) is 1.41 Å². The summed E-state index contributed by atoms with van der Waals surface area (Å²) in [7, 11) is 0.